The lowest BCUT2D eigenvalue weighted by Gasteiger charge is -2.11. The van der Waals surface area contributed by atoms with Crippen LogP contribution < -0.4 is 0 Å². The van der Waals surface area contributed by atoms with Gasteiger partial charge in [0.2, 0.25) is 9.84 Å². The Labute approximate surface area is 106 Å². The van der Waals surface area contributed by atoms with Crippen molar-refractivity contribution in [2.75, 3.05) is 6.61 Å². The highest BCUT2D eigenvalue weighted by atomic mass is 32.2. The summed E-state index contributed by atoms with van der Waals surface area (Å²) in [6.07, 6.45) is 1.28. The SMILES string of the molecule is C=CCOC(=O)C(O)S(=O)(=O)c1ccc(C)cc1. The Kier molecular flexibility index (Phi) is 4.63. The standard InChI is InChI=1S/C12H14O5S/c1-3-8-17-11(13)12(14)18(15,16)10-6-4-9(2)5-7-10/h3-7,12,14H,1,8H2,2H3. The average Bonchev–Trinajstić information content (AvgIpc) is 2.35. The Morgan fingerprint density at radius 2 is 2.00 bits per heavy atom. The van der Waals surface area contributed by atoms with Crippen LogP contribution >= 0.6 is 0 Å². The van der Waals surface area contributed by atoms with Crippen LogP contribution in [0.4, 0.5) is 0 Å². The van der Waals surface area contributed by atoms with Crippen molar-refractivity contribution in [3.8, 4) is 0 Å². The molecule has 0 aliphatic carbocycles. The number of carbonyl (C=O) groups is 1. The molecular weight excluding hydrogens is 256 g/mol. The first kappa shape index (κ1) is 14.4. The van der Waals surface area contributed by atoms with Gasteiger partial charge in [-0.1, -0.05) is 30.4 Å². The minimum Gasteiger partial charge on any atom is -0.459 e. The number of carbonyl (C=O) groups excluding carboxylic acids is 1. The Morgan fingerprint density at radius 3 is 2.50 bits per heavy atom. The van der Waals surface area contributed by atoms with Gasteiger partial charge >= 0.3 is 5.97 Å². The van der Waals surface area contributed by atoms with Crippen molar-refractivity contribution in [2.24, 2.45) is 0 Å². The molecule has 1 atom stereocenters. The van der Waals surface area contributed by atoms with Gasteiger partial charge in [0.05, 0.1) is 4.90 Å². The zero-order valence-corrected chi connectivity index (χ0v) is 10.7. The second-order valence-corrected chi connectivity index (χ2v) is 5.64. The molecule has 1 aromatic carbocycles. The first-order chi connectivity index (χ1) is 8.39. The minimum absolute atomic E-state index is 0.129. The molecule has 18 heavy (non-hydrogen) atoms. The lowest BCUT2D eigenvalue weighted by atomic mass is 10.2. The summed E-state index contributed by atoms with van der Waals surface area (Å²) in [5.74, 6) is -1.21. The van der Waals surface area contributed by atoms with Crippen LogP contribution in [-0.4, -0.2) is 31.5 Å². The fourth-order valence-corrected chi connectivity index (χ4v) is 2.29. The maximum atomic E-state index is 11.9. The molecule has 0 radical (unpaired) electrons. The lowest BCUT2D eigenvalue weighted by Crippen LogP contribution is -2.31. The predicted molar refractivity (Wildman–Crippen MR) is 65.5 cm³/mol. The van der Waals surface area contributed by atoms with Gasteiger partial charge in [-0.3, -0.25) is 0 Å². The summed E-state index contributed by atoms with van der Waals surface area (Å²) in [6, 6.07) is 5.81. The fourth-order valence-electron chi connectivity index (χ4n) is 1.20. The topological polar surface area (TPSA) is 80.7 Å². The van der Waals surface area contributed by atoms with Crippen LogP contribution in [0.3, 0.4) is 0 Å². The molecule has 6 heteroatoms. The van der Waals surface area contributed by atoms with E-state index in [1.165, 1.54) is 18.2 Å². The molecule has 0 aliphatic rings. The number of benzene rings is 1. The first-order valence-electron chi connectivity index (χ1n) is 5.15. The number of aliphatic hydroxyl groups excluding tert-OH is 1. The zero-order valence-electron chi connectivity index (χ0n) is 9.87. The highest BCUT2D eigenvalue weighted by Gasteiger charge is 2.33. The number of esters is 1. The van der Waals surface area contributed by atoms with E-state index in [0.717, 1.165) is 5.56 Å². The Hall–Kier alpha value is -1.66. The van der Waals surface area contributed by atoms with Crippen LogP contribution in [0.25, 0.3) is 0 Å². The molecule has 0 fully saturated rings. The molecule has 1 unspecified atom stereocenters. The van der Waals surface area contributed by atoms with Crippen molar-refractivity contribution in [1.29, 1.82) is 0 Å². The van der Waals surface area contributed by atoms with Crippen molar-refractivity contribution < 1.29 is 23.1 Å². The molecule has 0 heterocycles. The summed E-state index contributed by atoms with van der Waals surface area (Å²) in [5.41, 5.74) is -1.35. The van der Waals surface area contributed by atoms with Crippen LogP contribution in [-0.2, 0) is 19.4 Å². The third-order valence-corrected chi connectivity index (χ3v) is 3.90. The van der Waals surface area contributed by atoms with Crippen molar-refractivity contribution in [3.05, 3.63) is 42.5 Å². The number of aliphatic hydroxyl groups is 1. The van der Waals surface area contributed by atoms with E-state index in [0.29, 0.717) is 0 Å². The van der Waals surface area contributed by atoms with Crippen LogP contribution in [0.2, 0.25) is 0 Å². The van der Waals surface area contributed by atoms with Gasteiger partial charge in [0, 0.05) is 0 Å². The van der Waals surface area contributed by atoms with Gasteiger partial charge in [-0.2, -0.15) is 0 Å². The van der Waals surface area contributed by atoms with Gasteiger partial charge in [-0.15, -0.1) is 0 Å². The molecule has 0 amide bonds. The number of ether oxygens (including phenoxy) is 1. The van der Waals surface area contributed by atoms with E-state index in [4.69, 9.17) is 0 Å². The molecule has 5 nitrogen and oxygen atoms in total. The number of rotatable bonds is 5. The summed E-state index contributed by atoms with van der Waals surface area (Å²) >= 11 is 0. The van der Waals surface area contributed by atoms with Gasteiger partial charge in [0.25, 0.3) is 5.44 Å². The molecule has 1 aromatic rings. The van der Waals surface area contributed by atoms with E-state index in [9.17, 15) is 18.3 Å². The van der Waals surface area contributed by atoms with E-state index in [2.05, 4.69) is 11.3 Å². The molecule has 0 saturated carbocycles. The highest BCUT2D eigenvalue weighted by Crippen LogP contribution is 2.16. The molecule has 0 spiro atoms. The number of hydrogen-bond acceptors (Lipinski definition) is 5. The normalized spacial score (nSPS) is 12.8. The summed E-state index contributed by atoms with van der Waals surface area (Å²) in [7, 11) is -4.14. The smallest absolute Gasteiger partial charge is 0.351 e. The number of hydrogen-bond donors (Lipinski definition) is 1. The molecule has 0 bridgehead atoms. The van der Waals surface area contributed by atoms with Crippen molar-refractivity contribution in [2.45, 2.75) is 17.3 Å². The molecule has 0 saturated heterocycles. The van der Waals surface area contributed by atoms with Crippen molar-refractivity contribution in [1.82, 2.24) is 0 Å². The molecule has 0 aliphatic heterocycles. The molecular formula is C12H14O5S. The maximum Gasteiger partial charge on any atom is 0.351 e. The van der Waals surface area contributed by atoms with Crippen molar-refractivity contribution in [3.63, 3.8) is 0 Å². The van der Waals surface area contributed by atoms with Gasteiger partial charge in [0.1, 0.15) is 6.61 Å². The largest absolute Gasteiger partial charge is 0.459 e. The highest BCUT2D eigenvalue weighted by molar-refractivity contribution is 7.92. The lowest BCUT2D eigenvalue weighted by molar-refractivity contribution is -0.147. The molecule has 1 rings (SSSR count). The van der Waals surface area contributed by atoms with Crippen LogP contribution in [0.5, 0.6) is 0 Å². The first-order valence-corrected chi connectivity index (χ1v) is 6.70. The van der Waals surface area contributed by atoms with E-state index in [-0.39, 0.29) is 11.5 Å². The summed E-state index contributed by atoms with van der Waals surface area (Å²) in [5, 5.41) is 9.50. The number of sulfone groups is 1. The van der Waals surface area contributed by atoms with Crippen LogP contribution in [0.15, 0.2) is 41.8 Å². The van der Waals surface area contributed by atoms with E-state index >= 15 is 0 Å². The number of aryl methyl sites for hydroxylation is 1. The minimum atomic E-state index is -4.14. The molecule has 1 N–H and O–H groups in total. The average molecular weight is 270 g/mol. The summed E-state index contributed by atoms with van der Waals surface area (Å²) in [6.45, 7) is 4.96. The van der Waals surface area contributed by atoms with E-state index in [1.807, 2.05) is 0 Å². The van der Waals surface area contributed by atoms with Crippen molar-refractivity contribution >= 4 is 15.8 Å². The van der Waals surface area contributed by atoms with Crippen LogP contribution in [0.1, 0.15) is 5.56 Å². The Bertz CT molecular complexity index is 530. The van der Waals surface area contributed by atoms with Crippen LogP contribution in [0, 0.1) is 6.92 Å². The summed E-state index contributed by atoms with van der Waals surface area (Å²) in [4.78, 5) is 11.2. The monoisotopic (exact) mass is 270 g/mol. The maximum absolute atomic E-state index is 11.9. The molecule has 0 aromatic heterocycles. The van der Waals surface area contributed by atoms with Gasteiger partial charge in [0.15, 0.2) is 0 Å². The van der Waals surface area contributed by atoms with Gasteiger partial charge in [-0.25, -0.2) is 13.2 Å². The van der Waals surface area contributed by atoms with E-state index < -0.39 is 21.2 Å². The van der Waals surface area contributed by atoms with Gasteiger partial charge < -0.3 is 9.84 Å². The third-order valence-electron chi connectivity index (χ3n) is 2.19. The summed E-state index contributed by atoms with van der Waals surface area (Å²) < 4.78 is 28.2. The second kappa shape index (κ2) is 5.79. The van der Waals surface area contributed by atoms with E-state index in [1.54, 1.807) is 19.1 Å². The molecule has 98 valence electrons. The third kappa shape index (κ3) is 3.18. The predicted octanol–water partition coefficient (Wildman–Crippen LogP) is 0.816. The Morgan fingerprint density at radius 1 is 1.44 bits per heavy atom. The Balaban J connectivity index is 2.95. The fraction of sp³-hybridized carbons (Fsp3) is 0.250. The zero-order chi connectivity index (χ0) is 13.8. The van der Waals surface area contributed by atoms with Gasteiger partial charge in [-0.05, 0) is 19.1 Å². The second-order valence-electron chi connectivity index (χ2n) is 3.63. The quantitative estimate of drug-likeness (QED) is 0.632.